The second-order valence-corrected chi connectivity index (χ2v) is 25.2. The van der Waals surface area contributed by atoms with Crippen LogP contribution >= 0.6 is 7.26 Å². The lowest BCUT2D eigenvalue weighted by atomic mass is 10.0. The Hall–Kier alpha value is -0.630. The molecule has 1 unspecified atom stereocenters. The molecule has 1 atom stereocenters. The van der Waals surface area contributed by atoms with Crippen LogP contribution in [0.1, 0.15) is 335 Å². The number of carbonyl (C=O) groups is 2. The molecule has 0 radical (unpaired) electrons. The van der Waals surface area contributed by atoms with E-state index in [1.54, 1.807) is 0 Å². The van der Waals surface area contributed by atoms with Gasteiger partial charge in [0.1, 0.15) is 0 Å². The highest BCUT2D eigenvalue weighted by molar-refractivity contribution is 7.77. The molecule has 0 spiro atoms. The van der Waals surface area contributed by atoms with Crippen molar-refractivity contribution >= 4 is 19.2 Å². The third-order valence-electron chi connectivity index (χ3n) is 14.7. The van der Waals surface area contributed by atoms with E-state index in [4.69, 9.17) is 0 Å². The average molecular weight is 909 g/mol. The van der Waals surface area contributed by atoms with Crippen LogP contribution in [0.15, 0.2) is 0 Å². The second kappa shape index (κ2) is 50.8. The second-order valence-electron chi connectivity index (χ2n) is 20.8. The number of carboxylic acids is 2. The van der Waals surface area contributed by atoms with Crippen molar-refractivity contribution in [3.63, 3.8) is 0 Å². The van der Waals surface area contributed by atoms with Crippen LogP contribution in [0.4, 0.5) is 0 Å². The maximum absolute atomic E-state index is 13.0. The van der Waals surface area contributed by atoms with Crippen molar-refractivity contribution in [1.82, 2.24) is 0 Å². The van der Waals surface area contributed by atoms with Crippen molar-refractivity contribution < 1.29 is 19.8 Å². The fourth-order valence-electron chi connectivity index (χ4n) is 10.4. The molecule has 0 heterocycles. The van der Waals surface area contributed by atoms with Crippen LogP contribution < -0.4 is 0 Å². The molecule has 0 fully saturated rings. The topological polar surface area (TPSA) is 74.6 Å². The van der Waals surface area contributed by atoms with Crippen molar-refractivity contribution in [2.45, 2.75) is 341 Å². The molecular formula is C58H116O4P+. The zero-order valence-electron chi connectivity index (χ0n) is 43.5. The predicted octanol–water partition coefficient (Wildman–Crippen LogP) is 20.7. The zero-order chi connectivity index (χ0) is 46.0. The maximum atomic E-state index is 13.0. The fraction of sp³-hybridized carbons (Fsp3) is 0.966. The molecular weight excluding hydrogens is 792 g/mol. The van der Waals surface area contributed by atoms with Gasteiger partial charge in [-0.1, -0.05) is 290 Å². The minimum absolute atomic E-state index is 0.181. The molecule has 0 aliphatic rings. The van der Waals surface area contributed by atoms with Crippen LogP contribution in [-0.4, -0.2) is 46.3 Å². The zero-order valence-corrected chi connectivity index (χ0v) is 44.4. The number of rotatable bonds is 55. The molecule has 4 nitrogen and oxygen atoms in total. The lowest BCUT2D eigenvalue weighted by Crippen LogP contribution is -2.32. The summed E-state index contributed by atoms with van der Waals surface area (Å²) >= 11 is 0. The molecule has 0 bridgehead atoms. The number of carboxylic acid groups (broad SMARTS) is 2. The van der Waals surface area contributed by atoms with Gasteiger partial charge in [0.15, 0.2) is 5.66 Å². The highest BCUT2D eigenvalue weighted by Gasteiger charge is 2.49. The molecule has 0 amide bonds. The van der Waals surface area contributed by atoms with Crippen LogP contribution in [0.3, 0.4) is 0 Å². The van der Waals surface area contributed by atoms with Gasteiger partial charge in [0.25, 0.3) is 0 Å². The van der Waals surface area contributed by atoms with E-state index in [1.165, 1.54) is 289 Å². The van der Waals surface area contributed by atoms with Crippen LogP contribution in [0, 0.1) is 0 Å². The monoisotopic (exact) mass is 908 g/mol. The van der Waals surface area contributed by atoms with Crippen LogP contribution in [0.25, 0.3) is 0 Å². The summed E-state index contributed by atoms with van der Waals surface area (Å²) in [5.74, 6) is -1.74. The lowest BCUT2D eigenvalue weighted by Gasteiger charge is -2.33. The van der Waals surface area contributed by atoms with Crippen LogP contribution in [0.5, 0.6) is 0 Å². The van der Waals surface area contributed by atoms with E-state index in [2.05, 4.69) is 20.8 Å². The standard InChI is InChI=1S/C58H115O4P/c1-4-7-10-13-16-19-22-25-28-31-34-37-40-43-46-49-52-63(56(58(61)62)55-57(59)60,53-50-47-44-41-38-35-32-29-26-23-20-17-14-11-8-5-2)54-51-48-45-42-39-36-33-30-27-24-21-18-15-12-9-6-3/h56H,4-55H2,1-3H3,(H-,59,60,61,62)/p+1. The Morgan fingerprint density at radius 3 is 0.587 bits per heavy atom. The molecule has 0 aliphatic carbocycles. The number of unbranched alkanes of at least 4 members (excludes halogenated alkanes) is 45. The Bertz CT molecular complexity index is 834. The van der Waals surface area contributed by atoms with Crippen molar-refractivity contribution in [3.05, 3.63) is 0 Å². The molecule has 63 heavy (non-hydrogen) atoms. The molecule has 0 aromatic rings. The van der Waals surface area contributed by atoms with E-state index < -0.39 is 24.9 Å². The van der Waals surface area contributed by atoms with Crippen LogP contribution in [0.2, 0.25) is 0 Å². The molecule has 2 N–H and O–H groups in total. The minimum atomic E-state index is -1.96. The number of hydrogen-bond acceptors (Lipinski definition) is 2. The largest absolute Gasteiger partial charge is 0.481 e. The van der Waals surface area contributed by atoms with Gasteiger partial charge in [-0.25, -0.2) is 4.79 Å². The Balaban J connectivity index is 4.87. The smallest absolute Gasteiger partial charge is 0.345 e. The Labute approximate surface area is 397 Å². The summed E-state index contributed by atoms with van der Waals surface area (Å²) in [5.41, 5.74) is -0.668. The van der Waals surface area contributed by atoms with Crippen LogP contribution in [-0.2, 0) is 9.59 Å². The van der Waals surface area contributed by atoms with E-state index in [0.717, 1.165) is 37.7 Å². The molecule has 0 aromatic carbocycles. The van der Waals surface area contributed by atoms with E-state index in [-0.39, 0.29) is 6.42 Å². The van der Waals surface area contributed by atoms with Crippen molar-refractivity contribution in [2.24, 2.45) is 0 Å². The van der Waals surface area contributed by atoms with Gasteiger partial charge in [-0.3, -0.25) is 4.79 Å². The van der Waals surface area contributed by atoms with E-state index in [0.29, 0.717) is 0 Å². The molecule has 0 saturated heterocycles. The summed E-state index contributed by atoms with van der Waals surface area (Å²) in [4.78, 5) is 25.1. The first-order valence-corrected chi connectivity index (χ1v) is 31.6. The van der Waals surface area contributed by atoms with Gasteiger partial charge >= 0.3 is 11.9 Å². The third-order valence-corrected chi connectivity index (χ3v) is 20.0. The fourth-order valence-corrected chi connectivity index (χ4v) is 15.6. The van der Waals surface area contributed by atoms with Gasteiger partial charge in [-0.15, -0.1) is 0 Å². The lowest BCUT2D eigenvalue weighted by molar-refractivity contribution is -0.143. The summed E-state index contributed by atoms with van der Waals surface area (Å²) in [6.07, 6.45) is 67.2. The van der Waals surface area contributed by atoms with Gasteiger partial charge in [0.05, 0.1) is 24.9 Å². The first-order valence-electron chi connectivity index (χ1n) is 29.2. The Morgan fingerprint density at radius 2 is 0.444 bits per heavy atom. The number of hydrogen-bond donors (Lipinski definition) is 2. The molecule has 376 valence electrons. The molecule has 0 aromatic heterocycles. The normalized spacial score (nSPS) is 12.4. The van der Waals surface area contributed by atoms with E-state index in [1.807, 2.05) is 0 Å². The molecule has 0 saturated carbocycles. The van der Waals surface area contributed by atoms with Gasteiger partial charge < -0.3 is 10.2 Å². The van der Waals surface area contributed by atoms with E-state index >= 15 is 0 Å². The quantitative estimate of drug-likeness (QED) is 0.0471. The SMILES string of the molecule is CCCCCCCCCCCCCCCCCC[P+](CCCCCCCCCCCCCCCCCC)(CCCCCCCCCCCCCCCCCC)C(CC(=O)O)C(=O)O. The maximum Gasteiger partial charge on any atom is 0.345 e. The summed E-state index contributed by atoms with van der Waals surface area (Å²) in [7, 11) is -1.96. The third kappa shape index (κ3) is 43.7. The Kier molecular flexibility index (Phi) is 50.3. The molecule has 0 aliphatic heterocycles. The van der Waals surface area contributed by atoms with E-state index in [9.17, 15) is 19.8 Å². The van der Waals surface area contributed by atoms with Crippen molar-refractivity contribution in [2.75, 3.05) is 18.5 Å². The van der Waals surface area contributed by atoms with Gasteiger partial charge in [-0.05, 0) is 38.5 Å². The summed E-state index contributed by atoms with van der Waals surface area (Å²) in [5, 5.41) is 20.6. The summed E-state index contributed by atoms with van der Waals surface area (Å²) < 4.78 is 0. The minimum Gasteiger partial charge on any atom is -0.481 e. The predicted molar refractivity (Wildman–Crippen MR) is 284 cm³/mol. The first-order chi connectivity index (χ1) is 30.9. The number of aliphatic carboxylic acids is 2. The van der Waals surface area contributed by atoms with Gasteiger partial charge in [0.2, 0.25) is 0 Å². The highest BCUT2D eigenvalue weighted by atomic mass is 31.2. The molecule has 5 heteroatoms. The summed E-state index contributed by atoms with van der Waals surface area (Å²) in [6.45, 7) is 6.87. The highest BCUT2D eigenvalue weighted by Crippen LogP contribution is 2.66. The summed E-state index contributed by atoms with van der Waals surface area (Å²) in [6, 6.07) is 0. The van der Waals surface area contributed by atoms with Crippen molar-refractivity contribution in [3.8, 4) is 0 Å². The first kappa shape index (κ1) is 62.4. The van der Waals surface area contributed by atoms with Gasteiger partial charge in [0, 0.05) is 7.26 Å². The van der Waals surface area contributed by atoms with Crippen molar-refractivity contribution in [1.29, 1.82) is 0 Å². The average Bonchev–Trinajstić information content (AvgIpc) is 3.27. The Morgan fingerprint density at radius 1 is 0.286 bits per heavy atom. The molecule has 0 rings (SSSR count). The van der Waals surface area contributed by atoms with Gasteiger partial charge in [-0.2, -0.15) is 0 Å².